The van der Waals surface area contributed by atoms with E-state index < -0.39 is 46.8 Å². The van der Waals surface area contributed by atoms with Crippen LogP contribution in [0.3, 0.4) is 0 Å². The summed E-state index contributed by atoms with van der Waals surface area (Å²) in [7, 11) is 0. The molecule has 1 saturated carbocycles. The molecule has 3 aliphatic rings. The lowest BCUT2D eigenvalue weighted by Gasteiger charge is -2.50. The van der Waals surface area contributed by atoms with Crippen molar-refractivity contribution < 1.29 is 46.1 Å². The van der Waals surface area contributed by atoms with E-state index in [0.717, 1.165) is 59.9 Å². The zero-order chi connectivity index (χ0) is 42.0. The molecule has 0 radical (unpaired) electrons. The normalized spacial score (nSPS) is 23.7. The van der Waals surface area contributed by atoms with Gasteiger partial charge in [0.25, 0.3) is 5.91 Å². The molecule has 2 saturated heterocycles. The van der Waals surface area contributed by atoms with Crippen LogP contribution in [0.25, 0.3) is 11.1 Å². The zero-order valence-corrected chi connectivity index (χ0v) is 33.4. The number of ether oxygens (including phenoxy) is 2. The van der Waals surface area contributed by atoms with E-state index in [-0.39, 0.29) is 48.9 Å². The van der Waals surface area contributed by atoms with Gasteiger partial charge in [-0.2, -0.15) is 0 Å². The third kappa shape index (κ3) is 9.54. The monoisotopic (exact) mass is 819 g/mol. The van der Waals surface area contributed by atoms with Crippen molar-refractivity contribution in [2.24, 2.45) is 5.92 Å². The highest BCUT2D eigenvalue weighted by Crippen LogP contribution is 2.42. The molecule has 2 heterocycles. The van der Waals surface area contributed by atoms with Gasteiger partial charge in [-0.15, -0.1) is 0 Å². The van der Waals surface area contributed by atoms with Gasteiger partial charge in [-0.25, -0.2) is 22.0 Å². The number of halogens is 5. The fourth-order valence-electron chi connectivity index (χ4n) is 8.80. The lowest BCUT2D eigenvalue weighted by molar-refractivity contribution is -0.255. The topological polar surface area (TPSA) is 100 Å². The van der Waals surface area contributed by atoms with Crippen molar-refractivity contribution in [3.63, 3.8) is 0 Å². The van der Waals surface area contributed by atoms with Gasteiger partial charge in [-0.1, -0.05) is 73.5 Å². The second kappa shape index (κ2) is 17.9. The molecule has 2 aliphatic heterocycles. The van der Waals surface area contributed by atoms with Crippen molar-refractivity contribution in [3.8, 4) is 11.1 Å². The Labute approximate surface area is 341 Å². The number of hydrogen-bond donors (Lipinski definition) is 3. The fraction of sp³-hybridized carbons (Fsp3) is 0.435. The van der Waals surface area contributed by atoms with E-state index in [2.05, 4.69) is 15.5 Å². The SMILES string of the molecule is CC(C)(C)NC(=O)C1CCC2CCCCC2N1CC1CC(c2ccc(CO)cc2)OC(c2cccc(-c3cccc(CNC(=O)c4c(F)c(F)c(F)c(F)c4F)c3)c2)O1. The predicted molar refractivity (Wildman–Crippen MR) is 211 cm³/mol. The standard InChI is InChI=1S/C46H50F5N3O5/c1-46(2,3)53-43(56)35-19-18-28-9-4-5-13-34(28)54(35)24-33-22-36(29-16-14-26(25-55)15-17-29)59-45(58-33)32-12-7-11-31(21-32)30-10-6-8-27(20-30)23-52-44(57)37-38(47)40(49)42(51)41(50)39(37)48/h6-8,10-12,14-17,20-21,28,33-36,45,55H,4-5,9,13,18-19,22-25H2,1-3H3,(H,52,57)(H,53,56). The lowest BCUT2D eigenvalue weighted by Crippen LogP contribution is -2.61. The molecule has 3 N–H and O–H groups in total. The van der Waals surface area contributed by atoms with Crippen molar-refractivity contribution in [2.45, 2.75) is 115 Å². The Bertz CT molecular complexity index is 2130. The minimum Gasteiger partial charge on any atom is -0.392 e. The summed E-state index contributed by atoms with van der Waals surface area (Å²) >= 11 is 0. The Hall–Kier alpha value is -4.69. The molecule has 0 bridgehead atoms. The van der Waals surface area contributed by atoms with Gasteiger partial charge in [0.15, 0.2) is 29.6 Å². The number of nitrogens with zero attached hydrogens (tertiary/aromatic N) is 1. The van der Waals surface area contributed by atoms with E-state index in [0.29, 0.717) is 24.4 Å². The molecule has 4 aromatic carbocycles. The smallest absolute Gasteiger partial charge is 0.257 e. The van der Waals surface area contributed by atoms with Gasteiger partial charge in [0, 0.05) is 36.7 Å². The van der Waals surface area contributed by atoms with Crippen LogP contribution in [0, 0.1) is 35.0 Å². The van der Waals surface area contributed by atoms with Crippen molar-refractivity contribution in [2.75, 3.05) is 6.54 Å². The first kappa shape index (κ1) is 42.4. The molecular weight excluding hydrogens is 770 g/mol. The Morgan fingerprint density at radius 1 is 0.763 bits per heavy atom. The number of piperidine rings is 1. The van der Waals surface area contributed by atoms with Crippen LogP contribution in [0.15, 0.2) is 72.8 Å². The van der Waals surface area contributed by atoms with Crippen LogP contribution >= 0.6 is 0 Å². The van der Waals surface area contributed by atoms with Gasteiger partial charge in [0.1, 0.15) is 5.56 Å². The first-order valence-corrected chi connectivity index (χ1v) is 20.3. The molecule has 7 rings (SSSR count). The number of benzene rings is 4. The Balaban J connectivity index is 1.14. The molecule has 13 heteroatoms. The van der Waals surface area contributed by atoms with E-state index in [1.54, 1.807) is 18.2 Å². The number of aliphatic hydroxyl groups is 1. The Morgan fingerprint density at radius 2 is 1.42 bits per heavy atom. The largest absolute Gasteiger partial charge is 0.392 e. The third-order valence-electron chi connectivity index (χ3n) is 11.6. The second-order valence-electron chi connectivity index (χ2n) is 16.9. The summed E-state index contributed by atoms with van der Waals surface area (Å²) in [5, 5.41) is 15.2. The molecular formula is C46H50F5N3O5. The molecule has 0 spiro atoms. The van der Waals surface area contributed by atoms with Gasteiger partial charge < -0.3 is 25.2 Å². The van der Waals surface area contributed by atoms with Crippen LogP contribution in [-0.2, 0) is 27.4 Å². The van der Waals surface area contributed by atoms with Crippen molar-refractivity contribution in [1.82, 2.24) is 15.5 Å². The molecule has 4 aromatic rings. The summed E-state index contributed by atoms with van der Waals surface area (Å²) in [4.78, 5) is 28.9. The maximum absolute atomic E-state index is 14.3. The van der Waals surface area contributed by atoms with E-state index in [4.69, 9.17) is 9.47 Å². The van der Waals surface area contributed by atoms with E-state index in [9.17, 15) is 36.6 Å². The van der Waals surface area contributed by atoms with Crippen molar-refractivity contribution in [1.29, 1.82) is 0 Å². The molecule has 59 heavy (non-hydrogen) atoms. The van der Waals surface area contributed by atoms with Gasteiger partial charge >= 0.3 is 0 Å². The molecule has 6 atom stereocenters. The van der Waals surface area contributed by atoms with E-state index in [1.807, 2.05) is 75.4 Å². The van der Waals surface area contributed by atoms with Crippen LogP contribution in [0.2, 0.25) is 0 Å². The van der Waals surface area contributed by atoms with Gasteiger partial charge in [0.2, 0.25) is 11.7 Å². The molecule has 0 aromatic heterocycles. The zero-order valence-electron chi connectivity index (χ0n) is 33.4. The number of likely N-dealkylation sites (tertiary alicyclic amines) is 1. The first-order valence-electron chi connectivity index (χ1n) is 20.3. The number of hydrogen-bond acceptors (Lipinski definition) is 6. The van der Waals surface area contributed by atoms with Gasteiger partial charge in [0.05, 0.1) is 24.9 Å². The van der Waals surface area contributed by atoms with Crippen molar-refractivity contribution >= 4 is 11.8 Å². The highest BCUT2D eigenvalue weighted by atomic mass is 19.2. The highest BCUT2D eigenvalue weighted by molar-refractivity contribution is 5.94. The lowest BCUT2D eigenvalue weighted by atomic mass is 9.75. The van der Waals surface area contributed by atoms with E-state index in [1.165, 1.54) is 6.42 Å². The maximum Gasteiger partial charge on any atom is 0.257 e. The highest BCUT2D eigenvalue weighted by Gasteiger charge is 2.44. The number of carbonyl (C=O) groups excluding carboxylic acids is 2. The summed E-state index contributed by atoms with van der Waals surface area (Å²) < 4.78 is 83.2. The number of amides is 2. The van der Waals surface area contributed by atoms with E-state index >= 15 is 0 Å². The number of aliphatic hydroxyl groups excluding tert-OH is 1. The summed E-state index contributed by atoms with van der Waals surface area (Å²) in [6, 6.07) is 22.2. The molecule has 2 amide bonds. The Kier molecular flexibility index (Phi) is 12.9. The minimum atomic E-state index is -2.34. The van der Waals surface area contributed by atoms with Crippen LogP contribution in [0.1, 0.15) is 111 Å². The first-order chi connectivity index (χ1) is 28.2. The van der Waals surface area contributed by atoms with Crippen LogP contribution < -0.4 is 10.6 Å². The predicted octanol–water partition coefficient (Wildman–Crippen LogP) is 8.95. The third-order valence-corrected chi connectivity index (χ3v) is 11.6. The number of nitrogens with one attached hydrogen (secondary N) is 2. The number of fused-ring (bicyclic) bond motifs is 1. The van der Waals surface area contributed by atoms with Gasteiger partial charge in [-0.05, 0) is 92.3 Å². The fourth-order valence-corrected chi connectivity index (χ4v) is 8.80. The van der Waals surface area contributed by atoms with Gasteiger partial charge in [-0.3, -0.25) is 14.5 Å². The second-order valence-corrected chi connectivity index (χ2v) is 16.9. The summed E-state index contributed by atoms with van der Waals surface area (Å²) in [5.74, 6) is -12.0. The molecule has 8 nitrogen and oxygen atoms in total. The summed E-state index contributed by atoms with van der Waals surface area (Å²) in [5.41, 5.74) is 2.54. The molecule has 3 fully saturated rings. The summed E-state index contributed by atoms with van der Waals surface area (Å²) in [6.07, 6.45) is 5.42. The van der Waals surface area contributed by atoms with Crippen molar-refractivity contribution in [3.05, 3.63) is 130 Å². The summed E-state index contributed by atoms with van der Waals surface area (Å²) in [6.45, 7) is 6.20. The Morgan fingerprint density at radius 3 is 2.12 bits per heavy atom. The molecule has 6 unspecified atom stereocenters. The average Bonchev–Trinajstić information content (AvgIpc) is 3.24. The van der Waals surface area contributed by atoms with Crippen LogP contribution in [-0.4, -0.2) is 52.1 Å². The van der Waals surface area contributed by atoms with Crippen LogP contribution in [0.5, 0.6) is 0 Å². The van der Waals surface area contributed by atoms with Crippen LogP contribution in [0.4, 0.5) is 22.0 Å². The molecule has 314 valence electrons. The number of carbonyl (C=O) groups is 2. The minimum absolute atomic E-state index is 0.0355. The number of rotatable bonds is 10. The maximum atomic E-state index is 14.3. The quantitative estimate of drug-likeness (QED) is 0.0840. The average molecular weight is 820 g/mol. The molecule has 1 aliphatic carbocycles.